The van der Waals surface area contributed by atoms with E-state index in [9.17, 15) is 4.79 Å². The van der Waals surface area contributed by atoms with Gasteiger partial charge in [0.2, 0.25) is 0 Å². The van der Waals surface area contributed by atoms with Crippen LogP contribution in [0.3, 0.4) is 0 Å². The van der Waals surface area contributed by atoms with Gasteiger partial charge in [-0.3, -0.25) is 9.69 Å². The van der Waals surface area contributed by atoms with E-state index in [0.29, 0.717) is 23.2 Å². The Morgan fingerprint density at radius 2 is 1.90 bits per heavy atom. The Kier molecular flexibility index (Phi) is 6.91. The average molecular weight is 419 g/mol. The lowest BCUT2D eigenvalue weighted by Gasteiger charge is -2.32. The summed E-state index contributed by atoms with van der Waals surface area (Å²) >= 11 is 5.90. The molecule has 1 aliphatic heterocycles. The molecule has 2 aromatic rings. The molecule has 1 saturated heterocycles. The van der Waals surface area contributed by atoms with E-state index in [-0.39, 0.29) is 5.91 Å². The lowest BCUT2D eigenvalue weighted by atomic mass is 9.96. The minimum Gasteiger partial charge on any atom is -0.478 e. The van der Waals surface area contributed by atoms with Crippen molar-refractivity contribution in [2.24, 2.45) is 5.92 Å². The Balaban J connectivity index is 1.42. The molecule has 1 aromatic carbocycles. The minimum absolute atomic E-state index is 0.0978. The second-order valence-electron chi connectivity index (χ2n) is 8.43. The number of amides is 1. The van der Waals surface area contributed by atoms with Crippen LogP contribution < -0.4 is 10.1 Å². The zero-order valence-corrected chi connectivity index (χ0v) is 18.5. The van der Waals surface area contributed by atoms with Crippen LogP contribution in [0.5, 0.6) is 5.75 Å². The monoisotopic (exact) mass is 418 g/mol. The number of piperidine rings is 1. The first-order valence-corrected chi connectivity index (χ1v) is 10.6. The highest BCUT2D eigenvalue weighted by atomic mass is 35.5. The zero-order chi connectivity index (χ0) is 21.0. The van der Waals surface area contributed by atoms with Gasteiger partial charge >= 0.3 is 0 Å². The van der Waals surface area contributed by atoms with Crippen molar-refractivity contribution in [1.29, 1.82) is 0 Å². The van der Waals surface area contributed by atoms with Crippen LogP contribution in [0.4, 0.5) is 0 Å². The molecule has 2 heterocycles. The summed E-state index contributed by atoms with van der Waals surface area (Å²) in [5, 5.41) is 3.72. The summed E-state index contributed by atoms with van der Waals surface area (Å²) in [5.41, 5.74) is 0.334. The molecule has 3 rings (SSSR count). The second-order valence-corrected chi connectivity index (χ2v) is 8.87. The first-order chi connectivity index (χ1) is 13.7. The maximum Gasteiger partial charge on any atom is 0.263 e. The van der Waals surface area contributed by atoms with Crippen LogP contribution in [0.25, 0.3) is 0 Å². The molecule has 29 heavy (non-hydrogen) atoms. The summed E-state index contributed by atoms with van der Waals surface area (Å²) in [6.07, 6.45) is 2.16. The number of rotatable bonds is 7. The average Bonchev–Trinajstić information content (AvgIpc) is 2.99. The third-order valence-electron chi connectivity index (χ3n) is 5.53. The summed E-state index contributed by atoms with van der Waals surface area (Å²) in [5.74, 6) is 3.01. The van der Waals surface area contributed by atoms with Crippen LogP contribution in [0, 0.1) is 19.8 Å². The summed E-state index contributed by atoms with van der Waals surface area (Å²) in [4.78, 5) is 15.1. The number of hydrogen-bond donors (Lipinski definition) is 1. The van der Waals surface area contributed by atoms with Gasteiger partial charge in [-0.25, -0.2) is 0 Å². The molecule has 1 fully saturated rings. The first-order valence-electron chi connectivity index (χ1n) is 10.2. The van der Waals surface area contributed by atoms with Gasteiger partial charge in [0.25, 0.3) is 5.91 Å². The van der Waals surface area contributed by atoms with Gasteiger partial charge in [0.15, 0.2) is 5.60 Å². The number of ether oxygens (including phenoxy) is 1. The van der Waals surface area contributed by atoms with E-state index >= 15 is 0 Å². The molecule has 0 bridgehead atoms. The predicted molar refractivity (Wildman–Crippen MR) is 115 cm³/mol. The maximum absolute atomic E-state index is 12.6. The SMILES string of the molecule is Cc1cc(CN2CCC(CNC(=O)C(C)(C)Oc3ccc(Cl)cc3)CC2)c(C)o1. The Hall–Kier alpha value is -1.98. The molecular weight excluding hydrogens is 388 g/mol. The fraction of sp³-hybridized carbons (Fsp3) is 0.522. The number of aryl methyl sites for hydroxylation is 2. The lowest BCUT2D eigenvalue weighted by Crippen LogP contribution is -2.48. The van der Waals surface area contributed by atoms with Crippen LogP contribution >= 0.6 is 11.6 Å². The maximum atomic E-state index is 12.6. The molecule has 1 N–H and O–H groups in total. The van der Waals surface area contributed by atoms with E-state index in [1.807, 2.05) is 13.8 Å². The Labute approximate surface area is 178 Å². The van der Waals surface area contributed by atoms with Gasteiger partial charge < -0.3 is 14.5 Å². The predicted octanol–water partition coefficient (Wildman–Crippen LogP) is 4.74. The quantitative estimate of drug-likeness (QED) is 0.705. The van der Waals surface area contributed by atoms with Crippen LogP contribution in [0.2, 0.25) is 5.02 Å². The van der Waals surface area contributed by atoms with Crippen molar-refractivity contribution in [2.75, 3.05) is 19.6 Å². The van der Waals surface area contributed by atoms with E-state index in [2.05, 4.69) is 16.3 Å². The molecule has 6 heteroatoms. The Morgan fingerprint density at radius 3 is 2.48 bits per heavy atom. The fourth-order valence-corrected chi connectivity index (χ4v) is 3.85. The van der Waals surface area contributed by atoms with Crippen molar-refractivity contribution in [3.05, 3.63) is 52.4 Å². The number of hydrogen-bond acceptors (Lipinski definition) is 4. The molecule has 1 aliphatic rings. The van der Waals surface area contributed by atoms with Gasteiger partial charge in [0, 0.05) is 23.7 Å². The van der Waals surface area contributed by atoms with E-state index in [0.717, 1.165) is 44.0 Å². The molecule has 0 atom stereocenters. The van der Waals surface area contributed by atoms with Crippen molar-refractivity contribution >= 4 is 17.5 Å². The molecular formula is C23H31ClN2O3. The minimum atomic E-state index is -0.939. The number of benzene rings is 1. The molecule has 0 saturated carbocycles. The molecule has 0 aliphatic carbocycles. The molecule has 1 amide bonds. The van der Waals surface area contributed by atoms with Crippen molar-refractivity contribution in [3.8, 4) is 5.75 Å². The van der Waals surface area contributed by atoms with Crippen molar-refractivity contribution < 1.29 is 13.9 Å². The van der Waals surface area contributed by atoms with Crippen LogP contribution in [0.1, 0.15) is 43.8 Å². The van der Waals surface area contributed by atoms with E-state index < -0.39 is 5.60 Å². The van der Waals surface area contributed by atoms with Gasteiger partial charge in [-0.1, -0.05) is 11.6 Å². The number of carbonyl (C=O) groups excluding carboxylic acids is 1. The molecule has 0 unspecified atom stereocenters. The van der Waals surface area contributed by atoms with E-state index in [4.69, 9.17) is 20.8 Å². The van der Waals surface area contributed by atoms with Crippen LogP contribution in [-0.4, -0.2) is 36.0 Å². The molecule has 0 spiro atoms. The second kappa shape index (κ2) is 9.23. The van der Waals surface area contributed by atoms with Crippen molar-refractivity contribution in [1.82, 2.24) is 10.2 Å². The topological polar surface area (TPSA) is 54.7 Å². The van der Waals surface area contributed by atoms with Gasteiger partial charge in [-0.15, -0.1) is 0 Å². The number of halogens is 1. The highest BCUT2D eigenvalue weighted by Crippen LogP contribution is 2.23. The van der Waals surface area contributed by atoms with E-state index in [1.165, 1.54) is 5.56 Å². The molecule has 158 valence electrons. The van der Waals surface area contributed by atoms with E-state index in [1.54, 1.807) is 38.1 Å². The van der Waals surface area contributed by atoms with Gasteiger partial charge in [0.05, 0.1) is 0 Å². The highest BCUT2D eigenvalue weighted by Gasteiger charge is 2.31. The van der Waals surface area contributed by atoms with Gasteiger partial charge in [-0.2, -0.15) is 0 Å². The van der Waals surface area contributed by atoms with Gasteiger partial charge in [-0.05, 0) is 89.9 Å². The molecule has 5 nitrogen and oxygen atoms in total. The van der Waals surface area contributed by atoms with Crippen LogP contribution in [-0.2, 0) is 11.3 Å². The van der Waals surface area contributed by atoms with Crippen molar-refractivity contribution in [3.63, 3.8) is 0 Å². The molecule has 0 radical (unpaired) electrons. The Bertz CT molecular complexity index is 821. The fourth-order valence-electron chi connectivity index (χ4n) is 3.72. The summed E-state index contributed by atoms with van der Waals surface area (Å²) in [6.45, 7) is 11.3. The van der Waals surface area contributed by atoms with Gasteiger partial charge in [0.1, 0.15) is 17.3 Å². The third-order valence-corrected chi connectivity index (χ3v) is 5.78. The summed E-state index contributed by atoms with van der Waals surface area (Å²) < 4.78 is 11.5. The van der Waals surface area contributed by atoms with Crippen molar-refractivity contribution in [2.45, 2.75) is 52.7 Å². The largest absolute Gasteiger partial charge is 0.478 e. The third kappa shape index (κ3) is 6.00. The zero-order valence-electron chi connectivity index (χ0n) is 17.8. The van der Waals surface area contributed by atoms with Crippen LogP contribution in [0.15, 0.2) is 34.7 Å². The number of carbonyl (C=O) groups is 1. The number of nitrogens with zero attached hydrogens (tertiary/aromatic N) is 1. The number of likely N-dealkylation sites (tertiary alicyclic amines) is 1. The smallest absolute Gasteiger partial charge is 0.263 e. The first kappa shape index (κ1) is 21.7. The molecule has 1 aromatic heterocycles. The highest BCUT2D eigenvalue weighted by molar-refractivity contribution is 6.30. The Morgan fingerprint density at radius 1 is 1.24 bits per heavy atom. The standard InChI is InChI=1S/C23H31ClN2O3/c1-16-13-19(17(2)28-16)15-26-11-9-18(10-12-26)14-25-22(27)23(3,4)29-21-7-5-20(24)6-8-21/h5-8,13,18H,9-12,14-15H2,1-4H3,(H,25,27). The summed E-state index contributed by atoms with van der Waals surface area (Å²) in [7, 11) is 0. The number of furan rings is 1. The normalized spacial score (nSPS) is 16.0. The lowest BCUT2D eigenvalue weighted by molar-refractivity contribution is -0.134. The number of nitrogens with one attached hydrogen (secondary N) is 1. The summed E-state index contributed by atoms with van der Waals surface area (Å²) in [6, 6.07) is 9.19.